The second kappa shape index (κ2) is 7.58. The first-order chi connectivity index (χ1) is 14.8. The summed E-state index contributed by atoms with van der Waals surface area (Å²) in [5.41, 5.74) is 0.154. The largest absolute Gasteiger partial charge is 0.507 e. The summed E-state index contributed by atoms with van der Waals surface area (Å²) >= 11 is 0. The first kappa shape index (κ1) is 23.3. The molecular formula is C27H38O5. The van der Waals surface area contributed by atoms with Gasteiger partial charge in [-0.05, 0) is 77.6 Å². The van der Waals surface area contributed by atoms with E-state index in [0.29, 0.717) is 23.7 Å². The molecule has 1 heterocycles. The highest BCUT2D eigenvalue weighted by Gasteiger charge is 2.56. The van der Waals surface area contributed by atoms with E-state index in [1.54, 1.807) is 27.7 Å². The van der Waals surface area contributed by atoms with Crippen LogP contribution < -0.4 is 0 Å². The summed E-state index contributed by atoms with van der Waals surface area (Å²) in [5.74, 6) is 0.209. The summed E-state index contributed by atoms with van der Waals surface area (Å²) in [6, 6.07) is 0. The zero-order valence-corrected chi connectivity index (χ0v) is 20.3. The molecule has 0 saturated heterocycles. The molecule has 2 fully saturated rings. The van der Waals surface area contributed by atoms with E-state index >= 15 is 0 Å². The number of ether oxygens (including phenoxy) is 1. The van der Waals surface area contributed by atoms with Crippen molar-refractivity contribution < 1.29 is 24.5 Å². The summed E-state index contributed by atoms with van der Waals surface area (Å²) in [4.78, 5) is 26.2. The molecule has 1 aliphatic heterocycles. The van der Waals surface area contributed by atoms with Crippen LogP contribution in [0.25, 0.3) is 0 Å². The molecule has 5 heteroatoms. The maximum absolute atomic E-state index is 13.4. The Bertz CT molecular complexity index is 936. The second-order valence-electron chi connectivity index (χ2n) is 11.7. The van der Waals surface area contributed by atoms with Gasteiger partial charge in [-0.1, -0.05) is 26.0 Å². The third-order valence-electron chi connectivity index (χ3n) is 8.76. The molecule has 0 bridgehead atoms. The minimum Gasteiger partial charge on any atom is -0.507 e. The molecule has 3 aliphatic carbocycles. The SMILES string of the molecule is C=C(C)[C@@H]1C[C@@H](O)[C@H]2CC[C@@H]3CC4=C(O[C@@]3(C)CC12)C(C)(C)C(=O)C(C(=O)C(C)C)=C4O. The number of hydrogen-bond acceptors (Lipinski definition) is 5. The number of ketones is 2. The van der Waals surface area contributed by atoms with Crippen molar-refractivity contribution in [2.75, 3.05) is 0 Å². The van der Waals surface area contributed by atoms with Crippen LogP contribution in [0.5, 0.6) is 0 Å². The quantitative estimate of drug-likeness (QED) is 0.472. The Morgan fingerprint density at radius 3 is 2.44 bits per heavy atom. The van der Waals surface area contributed by atoms with Crippen LogP contribution in [-0.2, 0) is 14.3 Å². The lowest BCUT2D eigenvalue weighted by Gasteiger charge is -2.48. The molecule has 0 aromatic heterocycles. The molecule has 2 saturated carbocycles. The van der Waals surface area contributed by atoms with Gasteiger partial charge in [-0.25, -0.2) is 0 Å². The Morgan fingerprint density at radius 1 is 1.19 bits per heavy atom. The Morgan fingerprint density at radius 2 is 1.84 bits per heavy atom. The first-order valence-electron chi connectivity index (χ1n) is 12.1. The summed E-state index contributed by atoms with van der Waals surface area (Å²) in [6.07, 6.45) is 3.59. The summed E-state index contributed by atoms with van der Waals surface area (Å²) in [5, 5.41) is 21.9. The lowest BCUT2D eigenvalue weighted by Crippen LogP contribution is -2.48. The van der Waals surface area contributed by atoms with Crippen LogP contribution in [0, 0.1) is 35.0 Å². The maximum Gasteiger partial charge on any atom is 0.183 e. The topological polar surface area (TPSA) is 83.8 Å². The maximum atomic E-state index is 13.4. The van der Waals surface area contributed by atoms with Crippen molar-refractivity contribution in [3.8, 4) is 0 Å². The molecule has 0 aromatic rings. The number of Topliss-reactive ketones (excluding diaryl/α,β-unsaturated/α-hetero) is 2. The molecule has 0 aromatic carbocycles. The Balaban J connectivity index is 1.77. The molecular weight excluding hydrogens is 404 g/mol. The molecule has 1 unspecified atom stereocenters. The highest BCUT2D eigenvalue weighted by molar-refractivity contribution is 6.24. The fraction of sp³-hybridized carbons (Fsp3) is 0.704. The van der Waals surface area contributed by atoms with Crippen LogP contribution in [0.3, 0.4) is 0 Å². The molecule has 5 nitrogen and oxygen atoms in total. The average Bonchev–Trinajstić information content (AvgIpc) is 2.91. The van der Waals surface area contributed by atoms with Gasteiger partial charge in [0.1, 0.15) is 22.7 Å². The minimum absolute atomic E-state index is 0.0702. The van der Waals surface area contributed by atoms with Crippen molar-refractivity contribution in [1.82, 2.24) is 0 Å². The van der Waals surface area contributed by atoms with E-state index < -0.39 is 11.0 Å². The molecule has 176 valence electrons. The van der Waals surface area contributed by atoms with Crippen molar-refractivity contribution in [3.63, 3.8) is 0 Å². The van der Waals surface area contributed by atoms with Crippen molar-refractivity contribution in [2.45, 2.75) is 85.4 Å². The van der Waals surface area contributed by atoms with Gasteiger partial charge in [0.05, 0.1) is 11.5 Å². The van der Waals surface area contributed by atoms with Crippen LogP contribution in [0.4, 0.5) is 0 Å². The fourth-order valence-corrected chi connectivity index (χ4v) is 6.77. The van der Waals surface area contributed by atoms with Crippen LogP contribution in [0.2, 0.25) is 0 Å². The Hall–Kier alpha value is -1.88. The molecule has 2 N–H and O–H groups in total. The minimum atomic E-state index is -1.01. The smallest absolute Gasteiger partial charge is 0.183 e. The Kier molecular flexibility index (Phi) is 5.51. The van der Waals surface area contributed by atoms with Crippen molar-refractivity contribution in [3.05, 3.63) is 34.8 Å². The van der Waals surface area contributed by atoms with Crippen molar-refractivity contribution in [1.29, 1.82) is 0 Å². The molecule has 0 spiro atoms. The Labute approximate surface area is 191 Å². The summed E-state index contributed by atoms with van der Waals surface area (Å²) in [7, 11) is 0. The standard InChI is InChI=1S/C27H38O5/c1-13(2)17-11-20(28)16-9-8-15-10-18-23(30)21(22(29)14(3)4)24(31)26(5,6)25(18)32-27(15,7)12-19(16)17/h14-17,19-20,28,30H,1,8-12H2,2-7H3/t15-,16+,17+,19?,20-,27+/m1/s1. The second-order valence-corrected chi connectivity index (χ2v) is 11.7. The van der Waals surface area contributed by atoms with Gasteiger partial charge in [0.2, 0.25) is 0 Å². The van der Waals surface area contributed by atoms with Gasteiger partial charge in [0, 0.05) is 17.4 Å². The first-order valence-corrected chi connectivity index (χ1v) is 12.1. The number of allylic oxidation sites excluding steroid dienone is 4. The zero-order valence-electron chi connectivity index (χ0n) is 20.3. The van der Waals surface area contributed by atoms with E-state index in [2.05, 4.69) is 13.5 Å². The van der Waals surface area contributed by atoms with Gasteiger partial charge < -0.3 is 14.9 Å². The summed E-state index contributed by atoms with van der Waals surface area (Å²) in [6.45, 7) is 15.4. The lowest BCUT2D eigenvalue weighted by molar-refractivity contribution is -0.133. The van der Waals surface area contributed by atoms with E-state index in [1.807, 2.05) is 6.92 Å². The van der Waals surface area contributed by atoms with Crippen molar-refractivity contribution in [2.24, 2.45) is 35.0 Å². The number of fused-ring (bicyclic) bond motifs is 2. The molecule has 6 atom stereocenters. The summed E-state index contributed by atoms with van der Waals surface area (Å²) < 4.78 is 6.72. The van der Waals surface area contributed by atoms with Gasteiger partial charge in [0.25, 0.3) is 0 Å². The van der Waals surface area contributed by atoms with Crippen molar-refractivity contribution >= 4 is 11.6 Å². The number of aliphatic hydroxyl groups excluding tert-OH is 2. The van der Waals surface area contributed by atoms with Crippen LogP contribution >= 0.6 is 0 Å². The number of aliphatic hydroxyl groups is 2. The molecule has 32 heavy (non-hydrogen) atoms. The molecule has 4 aliphatic rings. The average molecular weight is 443 g/mol. The predicted octanol–water partition coefficient (Wildman–Crippen LogP) is 5.06. The number of rotatable bonds is 3. The van der Waals surface area contributed by atoms with Crippen LogP contribution in [0.1, 0.15) is 73.6 Å². The van der Waals surface area contributed by atoms with Gasteiger partial charge in [0.15, 0.2) is 11.6 Å². The van der Waals surface area contributed by atoms with Crippen LogP contribution in [0.15, 0.2) is 34.8 Å². The highest BCUT2D eigenvalue weighted by Crippen LogP contribution is 2.58. The van der Waals surface area contributed by atoms with Crippen LogP contribution in [-0.4, -0.2) is 33.5 Å². The van der Waals surface area contributed by atoms with Gasteiger partial charge >= 0.3 is 0 Å². The van der Waals surface area contributed by atoms with E-state index in [0.717, 1.165) is 31.3 Å². The number of hydrogen-bond donors (Lipinski definition) is 2. The number of carbonyl (C=O) groups is 2. The van der Waals surface area contributed by atoms with Gasteiger partial charge in [-0.2, -0.15) is 0 Å². The zero-order chi connectivity index (χ0) is 23.7. The molecule has 0 radical (unpaired) electrons. The third-order valence-corrected chi connectivity index (χ3v) is 8.76. The molecule has 4 rings (SSSR count). The van der Waals surface area contributed by atoms with E-state index in [4.69, 9.17) is 4.74 Å². The van der Waals surface area contributed by atoms with E-state index in [1.165, 1.54) is 0 Å². The van der Waals surface area contributed by atoms with Gasteiger partial charge in [-0.15, -0.1) is 0 Å². The highest BCUT2D eigenvalue weighted by atomic mass is 16.5. The lowest BCUT2D eigenvalue weighted by atomic mass is 9.67. The van der Waals surface area contributed by atoms with E-state index in [-0.39, 0.29) is 52.7 Å². The predicted molar refractivity (Wildman–Crippen MR) is 123 cm³/mol. The molecule has 0 amide bonds. The third kappa shape index (κ3) is 3.30. The fourth-order valence-electron chi connectivity index (χ4n) is 6.77. The number of carbonyl (C=O) groups excluding carboxylic acids is 2. The normalized spacial score (nSPS) is 38.6. The van der Waals surface area contributed by atoms with Gasteiger partial charge in [-0.3, -0.25) is 9.59 Å². The monoisotopic (exact) mass is 442 g/mol. The van der Waals surface area contributed by atoms with E-state index in [9.17, 15) is 19.8 Å².